The third-order valence-corrected chi connectivity index (χ3v) is 2.31. The highest BCUT2D eigenvalue weighted by atomic mass is 15.1. The molecular formula is C11H14N4. The van der Waals surface area contributed by atoms with Gasteiger partial charge in [-0.05, 0) is 31.5 Å². The Hall–Kier alpha value is -1.84. The van der Waals surface area contributed by atoms with Crippen LogP contribution in [0.25, 0.3) is 0 Å². The number of pyridine rings is 1. The number of nitrogens with one attached hydrogen (secondary N) is 2. The molecule has 0 atom stereocenters. The monoisotopic (exact) mass is 202 g/mol. The van der Waals surface area contributed by atoms with E-state index in [4.69, 9.17) is 0 Å². The first-order valence-corrected chi connectivity index (χ1v) is 4.91. The van der Waals surface area contributed by atoms with Crippen LogP contribution in [0, 0.1) is 13.8 Å². The van der Waals surface area contributed by atoms with Crippen LogP contribution in [0.2, 0.25) is 0 Å². The Bertz CT molecular complexity index is 447. The fraction of sp³-hybridized carbons (Fsp3) is 0.273. The summed E-state index contributed by atoms with van der Waals surface area (Å²) in [5, 5.41) is 10.1. The number of H-pyrrole nitrogens is 1. The van der Waals surface area contributed by atoms with Crippen molar-refractivity contribution in [2.24, 2.45) is 0 Å². The van der Waals surface area contributed by atoms with E-state index in [1.54, 1.807) is 6.20 Å². The average molecular weight is 202 g/mol. The van der Waals surface area contributed by atoms with Gasteiger partial charge in [0.05, 0.1) is 6.20 Å². The van der Waals surface area contributed by atoms with Crippen molar-refractivity contribution in [2.45, 2.75) is 20.4 Å². The molecule has 0 bridgehead atoms. The van der Waals surface area contributed by atoms with Crippen molar-refractivity contribution in [1.29, 1.82) is 0 Å². The molecule has 0 saturated carbocycles. The maximum Gasteiger partial charge on any atom is 0.126 e. The van der Waals surface area contributed by atoms with Crippen LogP contribution in [0.3, 0.4) is 0 Å². The minimum Gasteiger partial charge on any atom is -0.366 e. The highest BCUT2D eigenvalue weighted by molar-refractivity contribution is 5.38. The SMILES string of the molecule is Cc1ccnc(NCc2cn[nH]c2C)c1. The predicted molar refractivity (Wildman–Crippen MR) is 59.6 cm³/mol. The summed E-state index contributed by atoms with van der Waals surface area (Å²) in [5.74, 6) is 0.899. The molecule has 0 aromatic carbocycles. The van der Waals surface area contributed by atoms with Gasteiger partial charge in [0.2, 0.25) is 0 Å². The lowest BCUT2D eigenvalue weighted by molar-refractivity contribution is 1.04. The molecule has 2 N–H and O–H groups in total. The van der Waals surface area contributed by atoms with Gasteiger partial charge in [0, 0.05) is 24.0 Å². The number of anilines is 1. The molecule has 0 aliphatic heterocycles. The topological polar surface area (TPSA) is 53.6 Å². The smallest absolute Gasteiger partial charge is 0.126 e. The molecule has 15 heavy (non-hydrogen) atoms. The first-order chi connectivity index (χ1) is 7.25. The molecule has 2 rings (SSSR count). The Balaban J connectivity index is 2.02. The van der Waals surface area contributed by atoms with Gasteiger partial charge in [0.25, 0.3) is 0 Å². The molecule has 78 valence electrons. The molecule has 0 saturated heterocycles. The zero-order chi connectivity index (χ0) is 10.7. The van der Waals surface area contributed by atoms with E-state index in [-0.39, 0.29) is 0 Å². The zero-order valence-electron chi connectivity index (χ0n) is 8.91. The summed E-state index contributed by atoms with van der Waals surface area (Å²) < 4.78 is 0. The molecule has 2 aromatic rings. The van der Waals surface area contributed by atoms with Crippen molar-refractivity contribution in [3.63, 3.8) is 0 Å². The van der Waals surface area contributed by atoms with Crippen molar-refractivity contribution in [1.82, 2.24) is 15.2 Å². The minimum atomic E-state index is 0.749. The lowest BCUT2D eigenvalue weighted by atomic mass is 10.2. The quantitative estimate of drug-likeness (QED) is 0.800. The van der Waals surface area contributed by atoms with E-state index >= 15 is 0 Å². The van der Waals surface area contributed by atoms with E-state index in [1.165, 1.54) is 11.1 Å². The second kappa shape index (κ2) is 4.13. The summed E-state index contributed by atoms with van der Waals surface area (Å²) in [6, 6.07) is 4.00. The Morgan fingerprint density at radius 1 is 1.40 bits per heavy atom. The summed E-state index contributed by atoms with van der Waals surface area (Å²) in [6.07, 6.45) is 3.64. The third kappa shape index (κ3) is 2.34. The summed E-state index contributed by atoms with van der Waals surface area (Å²) in [4.78, 5) is 4.23. The van der Waals surface area contributed by atoms with E-state index in [0.29, 0.717) is 0 Å². The second-order valence-corrected chi connectivity index (χ2v) is 3.59. The van der Waals surface area contributed by atoms with Gasteiger partial charge in [-0.3, -0.25) is 5.10 Å². The van der Waals surface area contributed by atoms with Crippen molar-refractivity contribution in [3.8, 4) is 0 Å². The van der Waals surface area contributed by atoms with Crippen molar-refractivity contribution in [2.75, 3.05) is 5.32 Å². The predicted octanol–water partition coefficient (Wildman–Crippen LogP) is 2.03. The van der Waals surface area contributed by atoms with Crippen LogP contribution in [0.15, 0.2) is 24.5 Å². The van der Waals surface area contributed by atoms with E-state index in [2.05, 4.69) is 27.4 Å². The number of rotatable bonds is 3. The zero-order valence-corrected chi connectivity index (χ0v) is 8.91. The molecule has 0 fully saturated rings. The molecule has 0 unspecified atom stereocenters. The van der Waals surface area contributed by atoms with Crippen LogP contribution >= 0.6 is 0 Å². The number of aryl methyl sites for hydroxylation is 2. The first-order valence-electron chi connectivity index (χ1n) is 4.91. The lowest BCUT2D eigenvalue weighted by Gasteiger charge is -2.04. The Morgan fingerprint density at radius 2 is 2.27 bits per heavy atom. The average Bonchev–Trinajstić information content (AvgIpc) is 2.61. The first kappa shape index (κ1) is 9.71. The molecule has 2 heterocycles. The van der Waals surface area contributed by atoms with Crippen LogP contribution in [-0.2, 0) is 6.54 Å². The molecular weight excluding hydrogens is 188 g/mol. The summed E-state index contributed by atoms with van der Waals surface area (Å²) in [7, 11) is 0. The molecule has 4 heteroatoms. The molecule has 2 aromatic heterocycles. The van der Waals surface area contributed by atoms with Gasteiger partial charge in [0.1, 0.15) is 5.82 Å². The molecule has 0 aliphatic carbocycles. The van der Waals surface area contributed by atoms with Gasteiger partial charge in [-0.2, -0.15) is 5.10 Å². The normalized spacial score (nSPS) is 10.3. The van der Waals surface area contributed by atoms with Crippen molar-refractivity contribution < 1.29 is 0 Å². The number of hydrogen-bond acceptors (Lipinski definition) is 3. The molecule has 4 nitrogen and oxygen atoms in total. The van der Waals surface area contributed by atoms with Gasteiger partial charge in [-0.15, -0.1) is 0 Å². The van der Waals surface area contributed by atoms with Crippen LogP contribution in [-0.4, -0.2) is 15.2 Å². The minimum absolute atomic E-state index is 0.749. The standard InChI is InChI=1S/C11H14N4/c1-8-3-4-12-11(5-8)13-6-10-7-14-15-9(10)2/h3-5,7H,6H2,1-2H3,(H,12,13)(H,14,15). The number of nitrogens with zero attached hydrogens (tertiary/aromatic N) is 2. The van der Waals surface area contributed by atoms with Crippen LogP contribution < -0.4 is 5.32 Å². The third-order valence-electron chi connectivity index (χ3n) is 2.31. The van der Waals surface area contributed by atoms with E-state index in [1.807, 2.05) is 25.3 Å². The lowest BCUT2D eigenvalue weighted by Crippen LogP contribution is -2.01. The van der Waals surface area contributed by atoms with Gasteiger partial charge in [-0.1, -0.05) is 0 Å². The maximum atomic E-state index is 4.23. The molecule has 0 aliphatic rings. The highest BCUT2D eigenvalue weighted by Gasteiger charge is 2.00. The molecule has 0 amide bonds. The Morgan fingerprint density at radius 3 is 2.93 bits per heavy atom. The Kier molecular flexibility index (Phi) is 2.67. The number of hydrogen-bond donors (Lipinski definition) is 2. The van der Waals surface area contributed by atoms with E-state index < -0.39 is 0 Å². The van der Waals surface area contributed by atoms with Crippen LogP contribution in [0.5, 0.6) is 0 Å². The van der Waals surface area contributed by atoms with Crippen LogP contribution in [0.1, 0.15) is 16.8 Å². The second-order valence-electron chi connectivity index (χ2n) is 3.59. The summed E-state index contributed by atoms with van der Waals surface area (Å²) >= 11 is 0. The van der Waals surface area contributed by atoms with E-state index in [9.17, 15) is 0 Å². The van der Waals surface area contributed by atoms with E-state index in [0.717, 1.165) is 18.1 Å². The number of aromatic nitrogens is 3. The van der Waals surface area contributed by atoms with Gasteiger partial charge in [-0.25, -0.2) is 4.98 Å². The fourth-order valence-corrected chi connectivity index (χ4v) is 1.37. The highest BCUT2D eigenvalue weighted by Crippen LogP contribution is 2.09. The van der Waals surface area contributed by atoms with Gasteiger partial charge < -0.3 is 5.32 Å². The van der Waals surface area contributed by atoms with Crippen LogP contribution in [0.4, 0.5) is 5.82 Å². The maximum absolute atomic E-state index is 4.23. The summed E-state index contributed by atoms with van der Waals surface area (Å²) in [6.45, 7) is 4.81. The van der Waals surface area contributed by atoms with Gasteiger partial charge in [0.15, 0.2) is 0 Å². The molecule has 0 spiro atoms. The van der Waals surface area contributed by atoms with Crippen molar-refractivity contribution >= 4 is 5.82 Å². The van der Waals surface area contributed by atoms with Crippen molar-refractivity contribution in [3.05, 3.63) is 41.3 Å². The van der Waals surface area contributed by atoms with Gasteiger partial charge >= 0.3 is 0 Å². The Labute approximate surface area is 88.8 Å². The molecule has 0 radical (unpaired) electrons. The fourth-order valence-electron chi connectivity index (χ4n) is 1.37. The number of aromatic amines is 1. The summed E-state index contributed by atoms with van der Waals surface area (Å²) in [5.41, 5.74) is 3.46. The largest absolute Gasteiger partial charge is 0.366 e.